The molecule has 2 aromatic carbocycles. The fourth-order valence-electron chi connectivity index (χ4n) is 2.55. The van der Waals surface area contributed by atoms with Crippen LogP contribution >= 0.6 is 35.0 Å². The third kappa shape index (κ3) is 4.87. The van der Waals surface area contributed by atoms with E-state index in [2.05, 4.69) is 10.3 Å². The van der Waals surface area contributed by atoms with Crippen molar-refractivity contribution in [1.29, 1.82) is 0 Å². The van der Waals surface area contributed by atoms with E-state index in [-0.39, 0.29) is 17.2 Å². The first kappa shape index (κ1) is 20.7. The van der Waals surface area contributed by atoms with E-state index in [0.29, 0.717) is 44.3 Å². The Morgan fingerprint density at radius 1 is 1.14 bits per heavy atom. The maximum Gasteiger partial charge on any atom is 0.266 e. The Hall–Kier alpha value is -2.02. The molecular formula is C20H19Cl2N3O2S. The standard InChI is InChI=1S/C20H19Cl2N3O2S/c1-12(2)10-23-18(26)11-28-20-24-17-9-14(22)5-8-16(17)19(27)25(20)15-6-3-13(21)4-7-15/h3-9,12H,10-11H2,1-2H3,(H,23,26). The smallest absolute Gasteiger partial charge is 0.266 e. The van der Waals surface area contributed by atoms with Gasteiger partial charge in [-0.05, 0) is 48.4 Å². The van der Waals surface area contributed by atoms with Gasteiger partial charge in [-0.25, -0.2) is 4.98 Å². The molecule has 5 nitrogen and oxygen atoms in total. The van der Waals surface area contributed by atoms with Crippen molar-refractivity contribution in [2.75, 3.05) is 12.3 Å². The van der Waals surface area contributed by atoms with Crippen LogP contribution in [0.1, 0.15) is 13.8 Å². The molecule has 0 aliphatic rings. The van der Waals surface area contributed by atoms with E-state index >= 15 is 0 Å². The number of nitrogens with one attached hydrogen (secondary N) is 1. The maximum atomic E-state index is 13.1. The largest absolute Gasteiger partial charge is 0.355 e. The number of fused-ring (bicyclic) bond motifs is 1. The van der Waals surface area contributed by atoms with E-state index in [1.165, 1.54) is 16.3 Å². The first-order valence-corrected chi connectivity index (χ1v) is 10.5. The third-order valence-electron chi connectivity index (χ3n) is 3.93. The fraction of sp³-hybridized carbons (Fsp3) is 0.250. The predicted octanol–water partition coefficient (Wildman–Crippen LogP) is 4.56. The molecule has 0 spiro atoms. The van der Waals surface area contributed by atoms with Crippen LogP contribution < -0.4 is 10.9 Å². The van der Waals surface area contributed by atoms with E-state index in [9.17, 15) is 9.59 Å². The zero-order chi connectivity index (χ0) is 20.3. The van der Waals surface area contributed by atoms with Crippen LogP contribution in [0.5, 0.6) is 0 Å². The third-order valence-corrected chi connectivity index (χ3v) is 5.35. The van der Waals surface area contributed by atoms with Crippen LogP contribution in [0, 0.1) is 5.92 Å². The van der Waals surface area contributed by atoms with Crippen LogP contribution in [0.25, 0.3) is 16.6 Å². The summed E-state index contributed by atoms with van der Waals surface area (Å²) in [7, 11) is 0. The number of nitrogens with zero attached hydrogens (tertiary/aromatic N) is 2. The van der Waals surface area contributed by atoms with Crippen molar-refractivity contribution in [1.82, 2.24) is 14.9 Å². The van der Waals surface area contributed by atoms with Crippen molar-refractivity contribution in [2.24, 2.45) is 5.92 Å². The molecule has 1 N–H and O–H groups in total. The van der Waals surface area contributed by atoms with Crippen LogP contribution in [0.2, 0.25) is 10.0 Å². The van der Waals surface area contributed by atoms with E-state index in [0.717, 1.165) is 0 Å². The van der Waals surface area contributed by atoms with Gasteiger partial charge in [-0.1, -0.05) is 48.8 Å². The minimum atomic E-state index is -0.228. The second-order valence-corrected chi connectivity index (χ2v) is 8.47. The van der Waals surface area contributed by atoms with E-state index in [1.54, 1.807) is 42.5 Å². The summed E-state index contributed by atoms with van der Waals surface area (Å²) in [5, 5.41) is 4.80. The van der Waals surface area contributed by atoms with Gasteiger partial charge in [0.25, 0.3) is 5.56 Å². The molecule has 0 fully saturated rings. The number of rotatable bonds is 6. The Morgan fingerprint density at radius 2 is 1.82 bits per heavy atom. The van der Waals surface area contributed by atoms with Gasteiger partial charge in [0, 0.05) is 16.6 Å². The Kier molecular flexibility index (Phi) is 6.65. The number of hydrogen-bond acceptors (Lipinski definition) is 4. The van der Waals surface area contributed by atoms with Crippen molar-refractivity contribution >= 4 is 51.8 Å². The topological polar surface area (TPSA) is 64.0 Å². The lowest BCUT2D eigenvalue weighted by atomic mass is 10.2. The average Bonchev–Trinajstić information content (AvgIpc) is 2.65. The second kappa shape index (κ2) is 8.99. The summed E-state index contributed by atoms with van der Waals surface area (Å²) in [4.78, 5) is 29.9. The Balaban J connectivity index is 2.03. The molecule has 0 aliphatic heterocycles. The number of thioether (sulfide) groups is 1. The highest BCUT2D eigenvalue weighted by atomic mass is 35.5. The van der Waals surface area contributed by atoms with Crippen molar-refractivity contribution in [3.63, 3.8) is 0 Å². The molecule has 0 unspecified atom stereocenters. The summed E-state index contributed by atoms with van der Waals surface area (Å²) in [6.07, 6.45) is 0. The first-order valence-electron chi connectivity index (χ1n) is 8.73. The summed E-state index contributed by atoms with van der Waals surface area (Å²) in [5.74, 6) is 0.405. The first-order chi connectivity index (χ1) is 13.3. The van der Waals surface area contributed by atoms with Crippen LogP contribution in [-0.4, -0.2) is 27.8 Å². The Labute approximate surface area is 177 Å². The van der Waals surface area contributed by atoms with Crippen LogP contribution in [-0.2, 0) is 4.79 Å². The molecule has 0 aliphatic carbocycles. The molecule has 0 atom stereocenters. The second-order valence-electron chi connectivity index (χ2n) is 6.66. The minimum Gasteiger partial charge on any atom is -0.355 e. The average molecular weight is 436 g/mol. The lowest BCUT2D eigenvalue weighted by molar-refractivity contribution is -0.118. The molecule has 0 bridgehead atoms. The lowest BCUT2D eigenvalue weighted by Gasteiger charge is -2.14. The number of hydrogen-bond donors (Lipinski definition) is 1. The molecule has 0 saturated carbocycles. The minimum absolute atomic E-state index is 0.109. The molecule has 0 radical (unpaired) electrons. The van der Waals surface area contributed by atoms with Crippen LogP contribution in [0.3, 0.4) is 0 Å². The molecule has 0 saturated heterocycles. The Morgan fingerprint density at radius 3 is 2.50 bits per heavy atom. The molecule has 1 heterocycles. The van der Waals surface area contributed by atoms with Gasteiger partial charge < -0.3 is 5.32 Å². The molecule has 8 heteroatoms. The normalized spacial score (nSPS) is 11.2. The predicted molar refractivity (Wildman–Crippen MR) is 116 cm³/mol. The van der Waals surface area contributed by atoms with Gasteiger partial charge in [0.2, 0.25) is 5.91 Å². The maximum absolute atomic E-state index is 13.1. The van der Waals surface area contributed by atoms with Crippen LogP contribution in [0.4, 0.5) is 0 Å². The van der Waals surface area contributed by atoms with Gasteiger partial charge in [0.05, 0.1) is 22.3 Å². The highest BCUT2D eigenvalue weighted by Gasteiger charge is 2.15. The summed E-state index contributed by atoms with van der Waals surface area (Å²) >= 11 is 13.2. The van der Waals surface area contributed by atoms with Crippen molar-refractivity contribution in [2.45, 2.75) is 19.0 Å². The summed E-state index contributed by atoms with van der Waals surface area (Å²) in [6, 6.07) is 11.9. The van der Waals surface area contributed by atoms with Crippen molar-refractivity contribution < 1.29 is 4.79 Å². The number of halogens is 2. The number of aromatic nitrogens is 2. The van der Waals surface area contributed by atoms with Gasteiger partial charge in [0.15, 0.2) is 5.16 Å². The van der Waals surface area contributed by atoms with Gasteiger partial charge in [-0.15, -0.1) is 0 Å². The zero-order valence-electron chi connectivity index (χ0n) is 15.4. The number of carbonyl (C=O) groups excluding carboxylic acids is 1. The lowest BCUT2D eigenvalue weighted by Crippen LogP contribution is -2.29. The monoisotopic (exact) mass is 435 g/mol. The molecule has 1 aromatic heterocycles. The molecule has 28 heavy (non-hydrogen) atoms. The van der Waals surface area contributed by atoms with Gasteiger partial charge in [-0.2, -0.15) is 0 Å². The van der Waals surface area contributed by atoms with Gasteiger partial charge in [-0.3, -0.25) is 14.2 Å². The van der Waals surface area contributed by atoms with Gasteiger partial charge >= 0.3 is 0 Å². The molecular weight excluding hydrogens is 417 g/mol. The van der Waals surface area contributed by atoms with Crippen molar-refractivity contribution in [3.05, 3.63) is 62.9 Å². The summed E-state index contributed by atoms with van der Waals surface area (Å²) < 4.78 is 1.49. The number of amides is 1. The summed E-state index contributed by atoms with van der Waals surface area (Å²) in [6.45, 7) is 4.66. The molecule has 3 rings (SSSR count). The van der Waals surface area contributed by atoms with E-state index in [4.69, 9.17) is 23.2 Å². The molecule has 1 amide bonds. The van der Waals surface area contributed by atoms with E-state index in [1.807, 2.05) is 13.8 Å². The molecule has 3 aromatic rings. The highest BCUT2D eigenvalue weighted by Crippen LogP contribution is 2.23. The Bertz CT molecular complexity index is 1070. The molecule has 146 valence electrons. The zero-order valence-corrected chi connectivity index (χ0v) is 17.7. The van der Waals surface area contributed by atoms with Crippen molar-refractivity contribution in [3.8, 4) is 5.69 Å². The van der Waals surface area contributed by atoms with E-state index < -0.39 is 0 Å². The number of carbonyl (C=O) groups is 1. The fourth-order valence-corrected chi connectivity index (χ4v) is 3.69. The SMILES string of the molecule is CC(C)CNC(=O)CSc1nc2cc(Cl)ccc2c(=O)n1-c1ccc(Cl)cc1. The number of benzene rings is 2. The summed E-state index contributed by atoms with van der Waals surface area (Å²) in [5.41, 5.74) is 0.894. The highest BCUT2D eigenvalue weighted by molar-refractivity contribution is 7.99. The quantitative estimate of drug-likeness (QED) is 0.455. The van der Waals surface area contributed by atoms with Gasteiger partial charge in [0.1, 0.15) is 0 Å². The van der Waals surface area contributed by atoms with Crippen LogP contribution in [0.15, 0.2) is 52.4 Å².